The van der Waals surface area contributed by atoms with Gasteiger partial charge in [0.25, 0.3) is 0 Å². The topological polar surface area (TPSA) is 0 Å². The highest BCUT2D eigenvalue weighted by Crippen LogP contribution is 2.16. The lowest BCUT2D eigenvalue weighted by Gasteiger charge is -1.98. The fraction of sp³-hybridized carbons (Fsp3) is 0.250. The van der Waals surface area contributed by atoms with Gasteiger partial charge in [-0.3, -0.25) is 0 Å². The van der Waals surface area contributed by atoms with Gasteiger partial charge in [-0.1, -0.05) is 24.3 Å². The smallest absolute Gasteiger partial charge is 0.0563 e. The van der Waals surface area contributed by atoms with Crippen molar-refractivity contribution in [2.75, 3.05) is 0 Å². The standard InChI is InChI=1S/C8H8Cl/c1-7(9)8-5-3-2-4-6-8/h2-5,7H,1H3/t7-/m0/s1. The predicted molar refractivity (Wildman–Crippen MR) is 39.5 cm³/mol. The maximum atomic E-state index is 5.77. The van der Waals surface area contributed by atoms with Crippen LogP contribution in [0.15, 0.2) is 24.3 Å². The Morgan fingerprint density at radius 3 is 2.67 bits per heavy atom. The Hall–Kier alpha value is -0.490. The summed E-state index contributed by atoms with van der Waals surface area (Å²) < 4.78 is 0. The first-order valence-corrected chi connectivity index (χ1v) is 3.35. The number of rotatable bonds is 1. The summed E-state index contributed by atoms with van der Waals surface area (Å²) >= 11 is 5.77. The molecule has 1 aromatic carbocycles. The Balaban J connectivity index is 2.85. The van der Waals surface area contributed by atoms with Crippen molar-refractivity contribution in [3.05, 3.63) is 35.9 Å². The predicted octanol–water partition coefficient (Wildman–Crippen LogP) is 2.79. The third-order valence-corrected chi connectivity index (χ3v) is 1.40. The Morgan fingerprint density at radius 1 is 1.56 bits per heavy atom. The molecule has 0 fully saturated rings. The van der Waals surface area contributed by atoms with Crippen LogP contribution in [0.5, 0.6) is 0 Å². The SMILES string of the molecule is C[C@H](Cl)c1[c]cccc1. The molecule has 1 aromatic rings. The molecule has 0 amide bonds. The molecule has 0 nitrogen and oxygen atoms in total. The van der Waals surface area contributed by atoms with Crippen LogP contribution in [-0.4, -0.2) is 0 Å². The van der Waals surface area contributed by atoms with Gasteiger partial charge in [0.2, 0.25) is 0 Å². The molecule has 0 aliphatic carbocycles. The van der Waals surface area contributed by atoms with Crippen molar-refractivity contribution in [2.24, 2.45) is 0 Å². The first-order valence-electron chi connectivity index (χ1n) is 2.91. The number of hydrogen-bond donors (Lipinski definition) is 0. The van der Waals surface area contributed by atoms with Gasteiger partial charge in [0.15, 0.2) is 0 Å². The van der Waals surface area contributed by atoms with Gasteiger partial charge in [-0.15, -0.1) is 11.6 Å². The molecule has 0 heterocycles. The molecule has 47 valence electrons. The lowest BCUT2D eigenvalue weighted by molar-refractivity contribution is 1.08. The molecule has 1 heteroatoms. The van der Waals surface area contributed by atoms with E-state index >= 15 is 0 Å². The van der Waals surface area contributed by atoms with Gasteiger partial charge in [-0.2, -0.15) is 0 Å². The molecule has 9 heavy (non-hydrogen) atoms. The molecular formula is C8H8Cl. The molecule has 0 spiro atoms. The number of halogens is 1. The summed E-state index contributed by atoms with van der Waals surface area (Å²) in [6.45, 7) is 1.94. The maximum absolute atomic E-state index is 5.77. The summed E-state index contributed by atoms with van der Waals surface area (Å²) in [5.41, 5.74) is 1.05. The lowest BCUT2D eigenvalue weighted by atomic mass is 10.2. The molecule has 0 aliphatic heterocycles. The van der Waals surface area contributed by atoms with E-state index in [1.54, 1.807) is 0 Å². The average Bonchev–Trinajstić information content (AvgIpc) is 1.90. The van der Waals surface area contributed by atoms with Gasteiger partial charge < -0.3 is 0 Å². The van der Waals surface area contributed by atoms with Crippen molar-refractivity contribution < 1.29 is 0 Å². The summed E-state index contributed by atoms with van der Waals surface area (Å²) in [5, 5.41) is 0.0752. The average molecular weight is 140 g/mol. The van der Waals surface area contributed by atoms with Crippen LogP contribution in [0.25, 0.3) is 0 Å². The van der Waals surface area contributed by atoms with E-state index in [9.17, 15) is 0 Å². The molecule has 0 saturated carbocycles. The molecule has 0 aromatic heterocycles. The second kappa shape index (κ2) is 2.88. The first-order chi connectivity index (χ1) is 4.30. The van der Waals surface area contributed by atoms with Crippen LogP contribution in [0.4, 0.5) is 0 Å². The van der Waals surface area contributed by atoms with Crippen LogP contribution in [0, 0.1) is 6.07 Å². The van der Waals surface area contributed by atoms with Crippen molar-refractivity contribution in [3.63, 3.8) is 0 Å². The van der Waals surface area contributed by atoms with E-state index in [2.05, 4.69) is 6.07 Å². The van der Waals surface area contributed by atoms with E-state index in [0.717, 1.165) is 5.56 Å². The second-order valence-electron chi connectivity index (χ2n) is 1.93. The van der Waals surface area contributed by atoms with Gasteiger partial charge >= 0.3 is 0 Å². The Labute approximate surface area is 60.5 Å². The number of benzene rings is 1. The molecule has 0 unspecified atom stereocenters. The Kier molecular flexibility index (Phi) is 2.12. The molecule has 0 aliphatic rings. The highest BCUT2D eigenvalue weighted by atomic mass is 35.5. The lowest BCUT2D eigenvalue weighted by Crippen LogP contribution is -1.80. The van der Waals surface area contributed by atoms with E-state index in [0.29, 0.717) is 0 Å². The minimum absolute atomic E-state index is 0.0752. The Bertz CT molecular complexity index is 167. The zero-order chi connectivity index (χ0) is 6.69. The molecule has 0 N–H and O–H groups in total. The van der Waals surface area contributed by atoms with Gasteiger partial charge in [0.05, 0.1) is 5.38 Å². The van der Waals surface area contributed by atoms with Crippen molar-refractivity contribution >= 4 is 11.6 Å². The van der Waals surface area contributed by atoms with Crippen LogP contribution in [0.2, 0.25) is 0 Å². The maximum Gasteiger partial charge on any atom is 0.0563 e. The normalized spacial score (nSPS) is 13.1. The van der Waals surface area contributed by atoms with Gasteiger partial charge in [-0.25, -0.2) is 0 Å². The Morgan fingerprint density at radius 2 is 2.33 bits per heavy atom. The van der Waals surface area contributed by atoms with Crippen LogP contribution >= 0.6 is 11.6 Å². The summed E-state index contributed by atoms with van der Waals surface area (Å²) in [5.74, 6) is 0. The van der Waals surface area contributed by atoms with E-state index < -0.39 is 0 Å². The number of alkyl halides is 1. The zero-order valence-corrected chi connectivity index (χ0v) is 6.02. The molecule has 1 atom stereocenters. The first kappa shape index (κ1) is 6.63. The summed E-state index contributed by atoms with van der Waals surface area (Å²) in [6, 6.07) is 10.8. The summed E-state index contributed by atoms with van der Waals surface area (Å²) in [7, 11) is 0. The van der Waals surface area contributed by atoms with E-state index in [1.165, 1.54) is 0 Å². The van der Waals surface area contributed by atoms with Gasteiger partial charge in [-0.05, 0) is 18.6 Å². The molecular weight excluding hydrogens is 132 g/mol. The van der Waals surface area contributed by atoms with Crippen molar-refractivity contribution in [2.45, 2.75) is 12.3 Å². The molecule has 0 bridgehead atoms. The molecule has 1 radical (unpaired) electrons. The fourth-order valence-electron chi connectivity index (χ4n) is 0.655. The minimum Gasteiger partial charge on any atom is -0.118 e. The van der Waals surface area contributed by atoms with Gasteiger partial charge in [0.1, 0.15) is 0 Å². The summed E-state index contributed by atoms with van der Waals surface area (Å²) in [4.78, 5) is 0. The monoisotopic (exact) mass is 139 g/mol. The van der Waals surface area contributed by atoms with Crippen molar-refractivity contribution in [1.82, 2.24) is 0 Å². The largest absolute Gasteiger partial charge is 0.118 e. The molecule has 1 rings (SSSR count). The number of hydrogen-bond acceptors (Lipinski definition) is 0. The second-order valence-corrected chi connectivity index (χ2v) is 2.59. The van der Waals surface area contributed by atoms with Crippen LogP contribution < -0.4 is 0 Å². The third-order valence-electron chi connectivity index (χ3n) is 1.16. The van der Waals surface area contributed by atoms with Crippen molar-refractivity contribution in [3.8, 4) is 0 Å². The summed E-state index contributed by atoms with van der Waals surface area (Å²) in [6.07, 6.45) is 0. The third kappa shape index (κ3) is 1.72. The van der Waals surface area contributed by atoms with E-state index in [1.807, 2.05) is 31.2 Å². The molecule has 0 saturated heterocycles. The van der Waals surface area contributed by atoms with Crippen LogP contribution in [0.3, 0.4) is 0 Å². The zero-order valence-electron chi connectivity index (χ0n) is 5.26. The van der Waals surface area contributed by atoms with Gasteiger partial charge in [0, 0.05) is 0 Å². The highest BCUT2D eigenvalue weighted by molar-refractivity contribution is 6.20. The fourth-order valence-corrected chi connectivity index (χ4v) is 0.790. The van der Waals surface area contributed by atoms with Crippen LogP contribution in [0.1, 0.15) is 17.9 Å². The van der Waals surface area contributed by atoms with E-state index in [-0.39, 0.29) is 5.38 Å². The van der Waals surface area contributed by atoms with Crippen molar-refractivity contribution in [1.29, 1.82) is 0 Å². The van der Waals surface area contributed by atoms with E-state index in [4.69, 9.17) is 11.6 Å². The minimum atomic E-state index is 0.0752. The van der Waals surface area contributed by atoms with Crippen LogP contribution in [-0.2, 0) is 0 Å². The highest BCUT2D eigenvalue weighted by Gasteiger charge is 1.96. The quantitative estimate of drug-likeness (QED) is 0.525.